The average Bonchev–Trinajstić information content (AvgIpc) is 3.40. The molecule has 1 fully saturated rings. The minimum atomic E-state index is -0.0935. The second kappa shape index (κ2) is 7.24. The van der Waals surface area contributed by atoms with Gasteiger partial charge in [-0.05, 0) is 56.5 Å². The minimum absolute atomic E-state index is 0.0442. The summed E-state index contributed by atoms with van der Waals surface area (Å²) in [5.41, 5.74) is 5.30. The lowest BCUT2D eigenvalue weighted by Crippen LogP contribution is -2.29. The minimum Gasteiger partial charge on any atom is -0.376 e. The predicted molar refractivity (Wildman–Crippen MR) is 124 cm³/mol. The van der Waals surface area contributed by atoms with Crippen molar-refractivity contribution >= 4 is 33.2 Å². The number of ether oxygens (including phenoxy) is 1. The van der Waals surface area contributed by atoms with Gasteiger partial charge in [-0.2, -0.15) is 0 Å². The fraction of sp³-hybridized carbons (Fsp3) is 0.280. The van der Waals surface area contributed by atoms with Gasteiger partial charge in [0.1, 0.15) is 16.7 Å². The maximum atomic E-state index is 13.8. The van der Waals surface area contributed by atoms with E-state index >= 15 is 0 Å². The molecule has 1 saturated heterocycles. The Hall–Kier alpha value is -3.58. The van der Waals surface area contributed by atoms with Gasteiger partial charge in [0.25, 0.3) is 5.56 Å². The van der Waals surface area contributed by atoms with Crippen LogP contribution in [-0.2, 0) is 11.3 Å². The summed E-state index contributed by atoms with van der Waals surface area (Å²) in [5.74, 6) is 0.666. The van der Waals surface area contributed by atoms with Crippen LogP contribution in [0.4, 0.5) is 0 Å². The van der Waals surface area contributed by atoms with E-state index in [1.54, 1.807) is 4.57 Å². The van der Waals surface area contributed by atoms with E-state index in [2.05, 4.69) is 6.07 Å². The van der Waals surface area contributed by atoms with Gasteiger partial charge in [0.15, 0.2) is 11.3 Å². The van der Waals surface area contributed by atoms with Crippen LogP contribution in [0.3, 0.4) is 0 Å². The zero-order valence-corrected chi connectivity index (χ0v) is 18.1. The Labute approximate surface area is 184 Å². The summed E-state index contributed by atoms with van der Waals surface area (Å²) < 4.78 is 9.48. The molecule has 0 N–H and O–H groups in total. The highest BCUT2D eigenvalue weighted by Gasteiger charge is 2.24. The lowest BCUT2D eigenvalue weighted by Gasteiger charge is -2.14. The van der Waals surface area contributed by atoms with Gasteiger partial charge in [-0.3, -0.25) is 13.9 Å². The Kier molecular flexibility index (Phi) is 4.33. The van der Waals surface area contributed by atoms with Gasteiger partial charge in [0, 0.05) is 12.3 Å². The number of hydrogen-bond acceptors (Lipinski definition) is 5. The third kappa shape index (κ3) is 2.92. The monoisotopic (exact) mass is 425 g/mol. The first-order chi connectivity index (χ1) is 15.6. The predicted octanol–water partition coefficient (Wildman–Crippen LogP) is 4.08. The number of fused-ring (bicyclic) bond motifs is 4. The Morgan fingerprint density at radius 2 is 1.81 bits per heavy atom. The van der Waals surface area contributed by atoms with Crippen LogP contribution in [0.25, 0.3) is 38.9 Å². The number of para-hydroxylation sites is 2. The smallest absolute Gasteiger partial charge is 0.265 e. The van der Waals surface area contributed by atoms with Crippen LogP contribution in [0, 0.1) is 13.8 Å². The molecule has 32 heavy (non-hydrogen) atoms. The summed E-state index contributed by atoms with van der Waals surface area (Å²) >= 11 is 0. The molecule has 1 atom stereocenters. The first kappa shape index (κ1) is 19.1. The first-order valence-electron chi connectivity index (χ1n) is 11.0. The Balaban J connectivity index is 1.73. The number of benzene rings is 2. The van der Waals surface area contributed by atoms with Crippen molar-refractivity contribution in [3.63, 3.8) is 0 Å². The van der Waals surface area contributed by atoms with E-state index in [0.29, 0.717) is 34.6 Å². The highest BCUT2D eigenvalue weighted by atomic mass is 16.5. The fourth-order valence-corrected chi connectivity index (χ4v) is 4.65. The molecule has 7 heteroatoms. The van der Waals surface area contributed by atoms with Crippen LogP contribution in [0.15, 0.2) is 53.3 Å². The normalized spacial score (nSPS) is 16.5. The molecule has 1 aliphatic heterocycles. The molecule has 0 amide bonds. The van der Waals surface area contributed by atoms with Crippen molar-refractivity contribution in [1.29, 1.82) is 0 Å². The fourth-order valence-electron chi connectivity index (χ4n) is 4.65. The number of nitrogens with zero attached hydrogens (tertiary/aromatic N) is 5. The van der Waals surface area contributed by atoms with Crippen molar-refractivity contribution in [3.8, 4) is 5.69 Å². The molecule has 160 valence electrons. The Bertz CT molecular complexity index is 1560. The molecule has 0 aliphatic carbocycles. The van der Waals surface area contributed by atoms with Crippen LogP contribution >= 0.6 is 0 Å². The molecule has 4 heterocycles. The van der Waals surface area contributed by atoms with Gasteiger partial charge in [0.2, 0.25) is 0 Å². The van der Waals surface area contributed by atoms with Gasteiger partial charge in [-0.1, -0.05) is 24.3 Å². The maximum absolute atomic E-state index is 13.8. The SMILES string of the molecule is Cc1cccc(-n2c3nc4ccccc4nc3c3c(=O)n(C[C@@H]4CCCO4)c(C)nc32)c1. The number of aryl methyl sites for hydroxylation is 2. The summed E-state index contributed by atoms with van der Waals surface area (Å²) in [6.07, 6.45) is 2.03. The van der Waals surface area contributed by atoms with Gasteiger partial charge in [-0.25, -0.2) is 15.0 Å². The number of rotatable bonds is 3. The molecule has 6 rings (SSSR count). The molecule has 0 radical (unpaired) electrons. The van der Waals surface area contributed by atoms with Gasteiger partial charge >= 0.3 is 0 Å². The largest absolute Gasteiger partial charge is 0.376 e. The van der Waals surface area contributed by atoms with Crippen LogP contribution in [-0.4, -0.2) is 36.8 Å². The van der Waals surface area contributed by atoms with Crippen molar-refractivity contribution in [1.82, 2.24) is 24.1 Å². The lowest BCUT2D eigenvalue weighted by molar-refractivity contribution is 0.0955. The molecule has 3 aromatic heterocycles. The summed E-state index contributed by atoms with van der Waals surface area (Å²) in [6.45, 7) is 5.18. The zero-order valence-electron chi connectivity index (χ0n) is 18.1. The molecule has 0 saturated carbocycles. The Morgan fingerprint density at radius 1 is 1.00 bits per heavy atom. The van der Waals surface area contributed by atoms with Crippen molar-refractivity contribution in [2.24, 2.45) is 0 Å². The van der Waals surface area contributed by atoms with Crippen LogP contribution in [0.5, 0.6) is 0 Å². The van der Waals surface area contributed by atoms with Crippen LogP contribution in [0.1, 0.15) is 24.2 Å². The quantitative estimate of drug-likeness (QED) is 0.435. The third-order valence-corrected chi connectivity index (χ3v) is 6.22. The number of hydrogen-bond donors (Lipinski definition) is 0. The van der Waals surface area contributed by atoms with Gasteiger partial charge < -0.3 is 4.74 Å². The lowest BCUT2D eigenvalue weighted by atomic mass is 10.2. The molecule has 2 aromatic carbocycles. The number of aromatic nitrogens is 5. The molecule has 0 spiro atoms. The summed E-state index contributed by atoms with van der Waals surface area (Å²) in [4.78, 5) is 28.5. The Morgan fingerprint density at radius 3 is 2.56 bits per heavy atom. The van der Waals surface area contributed by atoms with Gasteiger partial charge in [-0.15, -0.1) is 0 Å². The standard InChI is InChI=1S/C25H23N5O2/c1-15-7-5-8-17(13-15)30-23-21(22-24(30)28-20-11-4-3-10-19(20)27-22)25(31)29(16(2)26-23)14-18-9-6-12-32-18/h3-5,7-8,10-11,13,18H,6,9,12,14H2,1-2H3/t18-/m0/s1. The molecule has 0 bridgehead atoms. The topological polar surface area (TPSA) is 74.8 Å². The van der Waals surface area contributed by atoms with E-state index in [4.69, 9.17) is 19.7 Å². The van der Waals surface area contributed by atoms with Crippen molar-refractivity contribution < 1.29 is 4.74 Å². The second-order valence-electron chi connectivity index (χ2n) is 8.47. The second-order valence-corrected chi connectivity index (χ2v) is 8.47. The highest BCUT2D eigenvalue weighted by Crippen LogP contribution is 2.29. The molecule has 0 unspecified atom stereocenters. The molecule has 5 aromatic rings. The average molecular weight is 425 g/mol. The van der Waals surface area contributed by atoms with E-state index in [1.807, 2.05) is 60.9 Å². The van der Waals surface area contributed by atoms with E-state index in [-0.39, 0.29) is 11.7 Å². The van der Waals surface area contributed by atoms with E-state index in [0.717, 1.165) is 41.7 Å². The van der Waals surface area contributed by atoms with Crippen molar-refractivity contribution in [3.05, 3.63) is 70.3 Å². The molecule has 1 aliphatic rings. The maximum Gasteiger partial charge on any atom is 0.265 e. The van der Waals surface area contributed by atoms with Gasteiger partial charge in [0.05, 0.1) is 23.7 Å². The van der Waals surface area contributed by atoms with Crippen molar-refractivity contribution in [2.75, 3.05) is 6.61 Å². The highest BCUT2D eigenvalue weighted by molar-refractivity contribution is 6.05. The van der Waals surface area contributed by atoms with Crippen LogP contribution in [0.2, 0.25) is 0 Å². The van der Waals surface area contributed by atoms with Crippen molar-refractivity contribution in [2.45, 2.75) is 39.3 Å². The molecular formula is C25H23N5O2. The van der Waals surface area contributed by atoms with E-state index in [1.165, 1.54) is 0 Å². The van der Waals surface area contributed by atoms with E-state index in [9.17, 15) is 4.79 Å². The summed E-state index contributed by atoms with van der Waals surface area (Å²) in [5, 5.41) is 0.503. The summed E-state index contributed by atoms with van der Waals surface area (Å²) in [7, 11) is 0. The third-order valence-electron chi connectivity index (χ3n) is 6.22. The molecular weight excluding hydrogens is 402 g/mol. The first-order valence-corrected chi connectivity index (χ1v) is 11.0. The zero-order chi connectivity index (χ0) is 21.8. The van der Waals surface area contributed by atoms with E-state index < -0.39 is 0 Å². The van der Waals surface area contributed by atoms with Crippen LogP contribution < -0.4 is 5.56 Å². The molecule has 7 nitrogen and oxygen atoms in total. The summed E-state index contributed by atoms with van der Waals surface area (Å²) in [6, 6.07) is 15.9.